The number of amides is 1. The second-order valence-electron chi connectivity index (χ2n) is 6.16. The summed E-state index contributed by atoms with van der Waals surface area (Å²) in [4.78, 5) is 14.9. The van der Waals surface area contributed by atoms with Gasteiger partial charge in [0.15, 0.2) is 28.4 Å². The predicted octanol–water partition coefficient (Wildman–Crippen LogP) is 3.98. The number of hydrogen-bond acceptors (Lipinski definition) is 3. The quantitative estimate of drug-likeness (QED) is 0.297. The maximum absolute atomic E-state index is 14.0. The van der Waals surface area contributed by atoms with Gasteiger partial charge in [-0.15, -0.1) is 0 Å². The van der Waals surface area contributed by atoms with Crippen LogP contribution < -0.4 is 10.2 Å². The summed E-state index contributed by atoms with van der Waals surface area (Å²) >= 11 is 8.45. The fourth-order valence-electron chi connectivity index (χ4n) is 2.85. The van der Waals surface area contributed by atoms with Gasteiger partial charge in [0.05, 0.1) is 0 Å². The standard InChI is InChI=1S/C18H13BrF5N3OS/c19-10-3-1-9(2-4-10)17(28)25-18(29)27-7-5-26(6-8-27)16-14(23)12(21)11(20)13(22)15(16)24/h1-4H,5-8H2,(H,25,28,29). The molecule has 1 aliphatic heterocycles. The first-order valence-corrected chi connectivity index (χ1v) is 9.53. The molecular weight excluding hydrogens is 481 g/mol. The van der Waals surface area contributed by atoms with E-state index in [9.17, 15) is 26.7 Å². The number of piperazine rings is 1. The molecule has 29 heavy (non-hydrogen) atoms. The van der Waals surface area contributed by atoms with Crippen LogP contribution in [0, 0.1) is 29.1 Å². The van der Waals surface area contributed by atoms with E-state index in [1.807, 2.05) is 0 Å². The highest BCUT2D eigenvalue weighted by Gasteiger charge is 2.31. The van der Waals surface area contributed by atoms with Crippen LogP contribution in [0.5, 0.6) is 0 Å². The monoisotopic (exact) mass is 493 g/mol. The van der Waals surface area contributed by atoms with E-state index in [1.165, 1.54) is 0 Å². The summed E-state index contributed by atoms with van der Waals surface area (Å²) in [5.41, 5.74) is -0.582. The molecule has 1 saturated heterocycles. The molecule has 0 saturated carbocycles. The third-order valence-corrected chi connectivity index (χ3v) is 5.29. The first-order valence-electron chi connectivity index (χ1n) is 8.33. The number of halogens is 6. The number of benzene rings is 2. The minimum atomic E-state index is -2.20. The number of carbonyl (C=O) groups is 1. The minimum absolute atomic E-state index is 0.0490. The van der Waals surface area contributed by atoms with Crippen molar-refractivity contribution in [3.63, 3.8) is 0 Å². The van der Waals surface area contributed by atoms with Crippen LogP contribution in [-0.2, 0) is 0 Å². The number of anilines is 1. The normalized spacial score (nSPS) is 14.1. The molecular formula is C18H13BrF5N3OS. The van der Waals surface area contributed by atoms with Crippen molar-refractivity contribution in [1.29, 1.82) is 0 Å². The Morgan fingerprint density at radius 3 is 1.86 bits per heavy atom. The first kappa shape index (κ1) is 21.4. The van der Waals surface area contributed by atoms with Crippen molar-refractivity contribution < 1.29 is 26.7 Å². The molecule has 1 fully saturated rings. The summed E-state index contributed by atoms with van der Waals surface area (Å²) < 4.78 is 68.8. The van der Waals surface area contributed by atoms with Gasteiger partial charge in [0.1, 0.15) is 5.69 Å². The topological polar surface area (TPSA) is 35.6 Å². The molecule has 0 atom stereocenters. The zero-order chi connectivity index (χ0) is 21.3. The molecule has 0 bridgehead atoms. The van der Waals surface area contributed by atoms with Gasteiger partial charge in [0.25, 0.3) is 5.91 Å². The second-order valence-corrected chi connectivity index (χ2v) is 7.46. The Hall–Kier alpha value is -2.27. The zero-order valence-corrected chi connectivity index (χ0v) is 17.0. The number of thiocarbonyl (C=S) groups is 1. The van der Waals surface area contributed by atoms with Crippen molar-refractivity contribution in [1.82, 2.24) is 10.2 Å². The van der Waals surface area contributed by atoms with Crippen LogP contribution in [0.25, 0.3) is 0 Å². The van der Waals surface area contributed by atoms with E-state index >= 15 is 0 Å². The van der Waals surface area contributed by atoms with Gasteiger partial charge in [-0.05, 0) is 36.5 Å². The second kappa shape index (κ2) is 8.62. The number of nitrogens with one attached hydrogen (secondary N) is 1. The molecule has 154 valence electrons. The van der Waals surface area contributed by atoms with Crippen LogP contribution in [-0.4, -0.2) is 42.1 Å². The van der Waals surface area contributed by atoms with Crippen LogP contribution in [0.3, 0.4) is 0 Å². The Morgan fingerprint density at radius 1 is 0.862 bits per heavy atom. The van der Waals surface area contributed by atoms with Gasteiger partial charge < -0.3 is 9.80 Å². The van der Waals surface area contributed by atoms with Crippen molar-refractivity contribution >= 4 is 44.9 Å². The van der Waals surface area contributed by atoms with Crippen molar-refractivity contribution in [2.75, 3.05) is 31.1 Å². The smallest absolute Gasteiger partial charge is 0.257 e. The molecule has 2 aromatic rings. The van der Waals surface area contributed by atoms with Gasteiger partial charge in [-0.25, -0.2) is 22.0 Å². The van der Waals surface area contributed by atoms with Gasteiger partial charge in [0.2, 0.25) is 5.82 Å². The molecule has 4 nitrogen and oxygen atoms in total. The lowest BCUT2D eigenvalue weighted by Crippen LogP contribution is -2.53. The lowest BCUT2D eigenvalue weighted by Gasteiger charge is -2.37. The SMILES string of the molecule is O=C(NC(=S)N1CCN(c2c(F)c(F)c(F)c(F)c2F)CC1)c1ccc(Br)cc1. The molecule has 1 amide bonds. The van der Waals surface area contributed by atoms with Gasteiger partial charge in [0, 0.05) is 36.2 Å². The summed E-state index contributed by atoms with van der Waals surface area (Å²) in [6.07, 6.45) is 0. The fraction of sp³-hybridized carbons (Fsp3) is 0.222. The lowest BCUT2D eigenvalue weighted by atomic mass is 10.2. The summed E-state index contributed by atoms with van der Waals surface area (Å²) in [6, 6.07) is 6.59. The Kier molecular flexibility index (Phi) is 6.37. The van der Waals surface area contributed by atoms with Gasteiger partial charge in [-0.2, -0.15) is 0 Å². The molecule has 0 spiro atoms. The molecule has 2 aromatic carbocycles. The van der Waals surface area contributed by atoms with E-state index in [-0.39, 0.29) is 31.3 Å². The largest absolute Gasteiger partial charge is 0.363 e. The summed E-state index contributed by atoms with van der Waals surface area (Å²) in [7, 11) is 0. The summed E-state index contributed by atoms with van der Waals surface area (Å²) in [5, 5.41) is 2.66. The highest BCUT2D eigenvalue weighted by Crippen LogP contribution is 2.30. The van der Waals surface area contributed by atoms with Crippen LogP contribution in [0.2, 0.25) is 0 Å². The predicted molar refractivity (Wildman–Crippen MR) is 104 cm³/mol. The fourth-order valence-corrected chi connectivity index (χ4v) is 3.39. The molecule has 1 heterocycles. The highest BCUT2D eigenvalue weighted by atomic mass is 79.9. The molecule has 0 aliphatic carbocycles. The van der Waals surface area contributed by atoms with Gasteiger partial charge in [-0.1, -0.05) is 15.9 Å². The molecule has 0 unspecified atom stereocenters. The zero-order valence-electron chi connectivity index (χ0n) is 14.6. The minimum Gasteiger partial charge on any atom is -0.363 e. The Labute approximate surface area is 176 Å². The van der Waals surface area contributed by atoms with E-state index < -0.39 is 40.7 Å². The Morgan fingerprint density at radius 2 is 1.34 bits per heavy atom. The third-order valence-electron chi connectivity index (χ3n) is 4.40. The Bertz CT molecular complexity index is 936. The Balaban J connectivity index is 1.66. The van der Waals surface area contributed by atoms with Crippen molar-refractivity contribution in [2.24, 2.45) is 0 Å². The summed E-state index contributed by atoms with van der Waals surface area (Å²) in [6.45, 7) is 0.150. The number of carbonyl (C=O) groups excluding carboxylic acids is 1. The van der Waals surface area contributed by atoms with E-state index in [4.69, 9.17) is 12.2 Å². The van der Waals surface area contributed by atoms with Crippen LogP contribution >= 0.6 is 28.1 Å². The van der Waals surface area contributed by atoms with E-state index in [0.29, 0.717) is 5.56 Å². The van der Waals surface area contributed by atoms with Gasteiger partial charge in [-0.3, -0.25) is 10.1 Å². The molecule has 1 N–H and O–H groups in total. The molecule has 11 heteroatoms. The summed E-state index contributed by atoms with van der Waals surface area (Å²) in [5.74, 6) is -10.3. The molecule has 0 aromatic heterocycles. The maximum atomic E-state index is 14.0. The highest BCUT2D eigenvalue weighted by molar-refractivity contribution is 9.10. The molecule has 3 rings (SSSR count). The average molecular weight is 494 g/mol. The van der Waals surface area contributed by atoms with E-state index in [1.54, 1.807) is 29.2 Å². The van der Waals surface area contributed by atoms with E-state index in [2.05, 4.69) is 21.2 Å². The third kappa shape index (κ3) is 4.35. The van der Waals surface area contributed by atoms with Crippen molar-refractivity contribution in [2.45, 2.75) is 0 Å². The first-order chi connectivity index (χ1) is 13.7. The average Bonchev–Trinajstić information content (AvgIpc) is 2.72. The number of nitrogens with zero attached hydrogens (tertiary/aromatic N) is 2. The number of hydrogen-bond donors (Lipinski definition) is 1. The van der Waals surface area contributed by atoms with Crippen molar-refractivity contribution in [3.8, 4) is 0 Å². The van der Waals surface area contributed by atoms with Gasteiger partial charge >= 0.3 is 0 Å². The molecule has 0 radical (unpaired) electrons. The maximum Gasteiger partial charge on any atom is 0.257 e. The van der Waals surface area contributed by atoms with Crippen LogP contribution in [0.1, 0.15) is 10.4 Å². The van der Waals surface area contributed by atoms with Crippen LogP contribution in [0.4, 0.5) is 27.6 Å². The van der Waals surface area contributed by atoms with E-state index in [0.717, 1.165) is 9.37 Å². The lowest BCUT2D eigenvalue weighted by molar-refractivity contribution is 0.0973. The van der Waals surface area contributed by atoms with Crippen LogP contribution in [0.15, 0.2) is 28.7 Å². The van der Waals surface area contributed by atoms with Crippen molar-refractivity contribution in [3.05, 3.63) is 63.4 Å². The molecule has 1 aliphatic rings. The number of rotatable bonds is 2.